The van der Waals surface area contributed by atoms with E-state index in [1.165, 1.54) is 6.07 Å². The minimum atomic E-state index is -0.278. The topological polar surface area (TPSA) is 12.0 Å². The third-order valence-electron chi connectivity index (χ3n) is 2.12. The third kappa shape index (κ3) is 3.05. The predicted molar refractivity (Wildman–Crippen MR) is 62.6 cm³/mol. The van der Waals surface area contributed by atoms with Gasteiger partial charge in [-0.2, -0.15) is 0 Å². The van der Waals surface area contributed by atoms with Crippen LogP contribution in [0.25, 0.3) is 0 Å². The van der Waals surface area contributed by atoms with E-state index >= 15 is 0 Å². The Morgan fingerprint density at radius 2 is 2.13 bits per heavy atom. The second-order valence-electron chi connectivity index (χ2n) is 3.65. The third-order valence-corrected chi connectivity index (χ3v) is 2.45. The molecule has 1 atom stereocenters. The number of benzene rings is 1. The number of hydrogen-bond donors (Lipinski definition) is 1. The van der Waals surface area contributed by atoms with Crippen LogP contribution in [0.5, 0.6) is 0 Å². The Labute approximate surface area is 95.0 Å². The molecule has 1 aromatic carbocycles. The summed E-state index contributed by atoms with van der Waals surface area (Å²) in [5.41, 5.74) is 1.62. The highest BCUT2D eigenvalue weighted by Crippen LogP contribution is 2.27. The Balaban J connectivity index is 3.17. The average Bonchev–Trinajstić information content (AvgIpc) is 2.15. The van der Waals surface area contributed by atoms with Crippen molar-refractivity contribution in [3.63, 3.8) is 0 Å². The number of hydrogen-bond acceptors (Lipinski definition) is 1. The van der Waals surface area contributed by atoms with Crippen LogP contribution in [0.15, 0.2) is 29.8 Å². The lowest BCUT2D eigenvalue weighted by molar-refractivity contribution is 0.581. The van der Waals surface area contributed by atoms with Crippen molar-refractivity contribution in [2.45, 2.75) is 19.9 Å². The molecule has 3 heteroatoms. The first-order valence-electron chi connectivity index (χ1n) is 4.82. The first-order chi connectivity index (χ1) is 7.06. The number of halogens is 2. The highest BCUT2D eigenvalue weighted by molar-refractivity contribution is 6.31. The molecular weight excluding hydrogens is 213 g/mol. The van der Waals surface area contributed by atoms with E-state index in [-0.39, 0.29) is 11.9 Å². The zero-order chi connectivity index (χ0) is 11.4. The second-order valence-corrected chi connectivity index (χ2v) is 4.05. The van der Waals surface area contributed by atoms with Crippen molar-refractivity contribution in [2.75, 3.05) is 7.05 Å². The summed E-state index contributed by atoms with van der Waals surface area (Å²) in [7, 11) is 1.78. The standard InChI is InChI=1S/C12H15ClFN/c1-8(2)7-11(15-3)12-9(13)5-4-6-10(12)14/h4-7,11,15H,1-3H3. The molecule has 0 aliphatic carbocycles. The van der Waals surface area contributed by atoms with Crippen molar-refractivity contribution in [3.8, 4) is 0 Å². The molecule has 0 spiro atoms. The average molecular weight is 228 g/mol. The second kappa shape index (κ2) is 5.29. The highest BCUT2D eigenvalue weighted by Gasteiger charge is 2.14. The van der Waals surface area contributed by atoms with E-state index < -0.39 is 0 Å². The predicted octanol–water partition coefficient (Wildman–Crippen LogP) is 3.71. The number of nitrogens with one attached hydrogen (secondary N) is 1. The molecular formula is C12H15ClFN. The Bertz CT molecular complexity index is 350. The van der Waals surface area contributed by atoms with Crippen LogP contribution in [0.4, 0.5) is 4.39 Å². The lowest BCUT2D eigenvalue weighted by atomic mass is 10.0. The SMILES string of the molecule is CNC(C=C(C)C)c1c(F)cccc1Cl. The quantitative estimate of drug-likeness (QED) is 0.777. The Morgan fingerprint density at radius 1 is 1.47 bits per heavy atom. The molecule has 1 aromatic rings. The molecule has 1 rings (SSSR count). The van der Waals surface area contributed by atoms with Gasteiger partial charge in [0.1, 0.15) is 5.82 Å². The summed E-state index contributed by atoms with van der Waals surface area (Å²) in [4.78, 5) is 0. The molecule has 0 heterocycles. The molecule has 0 aromatic heterocycles. The van der Waals surface area contributed by atoms with E-state index in [0.29, 0.717) is 10.6 Å². The van der Waals surface area contributed by atoms with Gasteiger partial charge < -0.3 is 5.32 Å². The summed E-state index contributed by atoms with van der Waals surface area (Å²) in [6, 6.07) is 4.55. The fourth-order valence-corrected chi connectivity index (χ4v) is 1.73. The first kappa shape index (κ1) is 12.2. The normalized spacial score (nSPS) is 12.3. The van der Waals surface area contributed by atoms with Crippen molar-refractivity contribution in [1.29, 1.82) is 0 Å². The maximum Gasteiger partial charge on any atom is 0.129 e. The van der Waals surface area contributed by atoms with Gasteiger partial charge in [-0.25, -0.2) is 4.39 Å². The van der Waals surface area contributed by atoms with Crippen LogP contribution in [0.2, 0.25) is 5.02 Å². The summed E-state index contributed by atoms with van der Waals surface area (Å²) in [5, 5.41) is 3.48. The molecule has 0 aliphatic rings. The van der Waals surface area contributed by atoms with Gasteiger partial charge in [0.25, 0.3) is 0 Å². The summed E-state index contributed by atoms with van der Waals surface area (Å²) in [5.74, 6) is -0.278. The van der Waals surface area contributed by atoms with E-state index in [2.05, 4.69) is 5.32 Å². The van der Waals surface area contributed by atoms with Crippen LogP contribution in [0.3, 0.4) is 0 Å². The van der Waals surface area contributed by atoms with Gasteiger partial charge in [-0.05, 0) is 33.0 Å². The molecule has 0 bridgehead atoms. The fourth-order valence-electron chi connectivity index (χ4n) is 1.45. The summed E-state index contributed by atoms with van der Waals surface area (Å²) in [6.45, 7) is 3.94. The van der Waals surface area contributed by atoms with Crippen molar-refractivity contribution in [2.24, 2.45) is 0 Å². The number of likely N-dealkylation sites (N-methyl/N-ethyl adjacent to an activating group) is 1. The first-order valence-corrected chi connectivity index (χ1v) is 5.20. The monoisotopic (exact) mass is 227 g/mol. The van der Waals surface area contributed by atoms with Crippen LogP contribution in [0, 0.1) is 5.82 Å². The minimum Gasteiger partial charge on any atom is -0.310 e. The van der Waals surface area contributed by atoms with Crippen molar-refractivity contribution in [3.05, 3.63) is 46.3 Å². The number of rotatable bonds is 3. The Hall–Kier alpha value is -0.860. The van der Waals surface area contributed by atoms with Gasteiger partial charge in [0, 0.05) is 10.6 Å². The van der Waals surface area contributed by atoms with Gasteiger partial charge in [-0.15, -0.1) is 0 Å². The van der Waals surface area contributed by atoms with Gasteiger partial charge in [0.2, 0.25) is 0 Å². The molecule has 1 nitrogen and oxygen atoms in total. The van der Waals surface area contributed by atoms with Crippen molar-refractivity contribution in [1.82, 2.24) is 5.32 Å². The molecule has 0 radical (unpaired) electrons. The smallest absolute Gasteiger partial charge is 0.129 e. The van der Waals surface area contributed by atoms with E-state index in [1.54, 1.807) is 19.2 Å². The highest BCUT2D eigenvalue weighted by atomic mass is 35.5. The van der Waals surface area contributed by atoms with Gasteiger partial charge >= 0.3 is 0 Å². The molecule has 0 amide bonds. The molecule has 1 unspecified atom stereocenters. The molecule has 15 heavy (non-hydrogen) atoms. The number of allylic oxidation sites excluding steroid dienone is 1. The Morgan fingerprint density at radius 3 is 2.60 bits per heavy atom. The molecule has 0 saturated carbocycles. The largest absolute Gasteiger partial charge is 0.310 e. The fraction of sp³-hybridized carbons (Fsp3) is 0.333. The summed E-state index contributed by atoms with van der Waals surface area (Å²) < 4.78 is 13.6. The zero-order valence-electron chi connectivity index (χ0n) is 9.14. The van der Waals surface area contributed by atoms with Gasteiger partial charge in [-0.1, -0.05) is 29.3 Å². The van der Waals surface area contributed by atoms with E-state index in [4.69, 9.17) is 11.6 Å². The van der Waals surface area contributed by atoms with Gasteiger partial charge in [0.15, 0.2) is 0 Å². The van der Waals surface area contributed by atoms with E-state index in [1.807, 2.05) is 19.9 Å². The van der Waals surface area contributed by atoms with Crippen LogP contribution in [-0.2, 0) is 0 Å². The van der Waals surface area contributed by atoms with Crippen molar-refractivity contribution >= 4 is 11.6 Å². The van der Waals surface area contributed by atoms with E-state index in [0.717, 1.165) is 5.57 Å². The maximum absolute atomic E-state index is 13.6. The van der Waals surface area contributed by atoms with Crippen LogP contribution in [-0.4, -0.2) is 7.05 Å². The lowest BCUT2D eigenvalue weighted by Gasteiger charge is -2.15. The summed E-state index contributed by atoms with van der Waals surface area (Å²) >= 11 is 5.98. The van der Waals surface area contributed by atoms with Gasteiger partial charge in [-0.3, -0.25) is 0 Å². The molecule has 0 fully saturated rings. The minimum absolute atomic E-state index is 0.177. The maximum atomic E-state index is 13.6. The Kier molecular flexibility index (Phi) is 4.30. The molecule has 0 aliphatic heterocycles. The van der Waals surface area contributed by atoms with Crippen LogP contribution >= 0.6 is 11.6 Å². The van der Waals surface area contributed by atoms with Crippen molar-refractivity contribution < 1.29 is 4.39 Å². The zero-order valence-corrected chi connectivity index (χ0v) is 9.90. The lowest BCUT2D eigenvalue weighted by Crippen LogP contribution is -2.16. The van der Waals surface area contributed by atoms with Gasteiger partial charge in [0.05, 0.1) is 6.04 Å². The van der Waals surface area contributed by atoms with Crippen LogP contribution in [0.1, 0.15) is 25.5 Å². The molecule has 1 N–H and O–H groups in total. The molecule has 82 valence electrons. The van der Waals surface area contributed by atoms with E-state index in [9.17, 15) is 4.39 Å². The summed E-state index contributed by atoms with van der Waals surface area (Å²) in [6.07, 6.45) is 1.95. The van der Waals surface area contributed by atoms with Crippen LogP contribution < -0.4 is 5.32 Å². The molecule has 0 saturated heterocycles.